The van der Waals surface area contributed by atoms with E-state index in [0.717, 1.165) is 69.9 Å². The van der Waals surface area contributed by atoms with Gasteiger partial charge in [-0.15, -0.1) is 0 Å². The van der Waals surface area contributed by atoms with E-state index in [-0.39, 0.29) is 11.3 Å². The summed E-state index contributed by atoms with van der Waals surface area (Å²) in [6, 6.07) is 13.8. The van der Waals surface area contributed by atoms with Gasteiger partial charge < -0.3 is 14.7 Å². The van der Waals surface area contributed by atoms with Crippen molar-refractivity contribution in [1.29, 1.82) is 0 Å². The monoisotopic (exact) mass is 602 g/mol. The minimum absolute atomic E-state index is 0.162. The molecule has 0 unspecified atom stereocenters. The van der Waals surface area contributed by atoms with Crippen LogP contribution in [0.2, 0.25) is 10.0 Å². The molecule has 2 aliphatic rings. The van der Waals surface area contributed by atoms with Gasteiger partial charge in [0, 0.05) is 35.2 Å². The first-order valence-electron chi connectivity index (χ1n) is 13.2. The first-order valence-corrected chi connectivity index (χ1v) is 14.0. The molecule has 220 valence electrons. The molecule has 2 aromatic carbocycles. The Labute approximate surface area is 243 Å². The van der Waals surface area contributed by atoms with Crippen LogP contribution in [0.5, 0.6) is 5.75 Å². The summed E-state index contributed by atoms with van der Waals surface area (Å²) in [5.74, 6) is -1.08. The number of halogens is 5. The van der Waals surface area contributed by atoms with Crippen LogP contribution in [0.25, 0.3) is 0 Å². The molecule has 0 aromatic heterocycles. The van der Waals surface area contributed by atoms with E-state index in [0.29, 0.717) is 22.4 Å². The Morgan fingerprint density at radius 3 is 2.25 bits per heavy atom. The number of piperidine rings is 1. The van der Waals surface area contributed by atoms with Gasteiger partial charge in [-0.25, -0.2) is 4.79 Å². The minimum Gasteiger partial charge on any atom is -0.493 e. The maximum atomic E-state index is 12.9. The lowest BCUT2D eigenvalue weighted by atomic mass is 9.77. The number of carbonyl (C=O) groups excluding carboxylic acids is 1. The van der Waals surface area contributed by atoms with E-state index in [1.165, 1.54) is 5.56 Å². The van der Waals surface area contributed by atoms with Gasteiger partial charge in [0.05, 0.1) is 13.0 Å². The summed E-state index contributed by atoms with van der Waals surface area (Å²) in [6.45, 7) is 9.83. The third-order valence-corrected chi connectivity index (χ3v) is 7.83. The lowest BCUT2D eigenvalue weighted by Gasteiger charge is -2.39. The standard InChI is InChI=1S/C27H34Cl2N2O2.C2HF3O2/c1-20(2)18-33-25-6-4-3-5-22(25)17-30-12-9-27(10-13-30)11-14-31(19-27)26(32)15-21-7-8-23(28)16-24(21)29;3-2(4,5)1(6)7/h3-8,16,20H,9-15,17-19H2,1-2H3;(H,6,7). The molecule has 2 fully saturated rings. The van der Waals surface area contributed by atoms with Crippen molar-refractivity contribution in [3.63, 3.8) is 0 Å². The van der Waals surface area contributed by atoms with Gasteiger partial charge in [0.2, 0.25) is 5.91 Å². The van der Waals surface area contributed by atoms with E-state index < -0.39 is 12.1 Å². The summed E-state index contributed by atoms with van der Waals surface area (Å²) >= 11 is 12.3. The molecule has 2 aliphatic heterocycles. The molecule has 0 aliphatic carbocycles. The number of carbonyl (C=O) groups is 2. The quantitative estimate of drug-likeness (QED) is 0.381. The Balaban J connectivity index is 0.000000559. The van der Waals surface area contributed by atoms with E-state index in [2.05, 4.69) is 36.9 Å². The van der Waals surface area contributed by atoms with Crippen molar-refractivity contribution < 1.29 is 32.6 Å². The smallest absolute Gasteiger partial charge is 0.490 e. The summed E-state index contributed by atoms with van der Waals surface area (Å²) in [7, 11) is 0. The van der Waals surface area contributed by atoms with Gasteiger partial charge in [-0.2, -0.15) is 13.2 Å². The van der Waals surface area contributed by atoms with Crippen LogP contribution in [0.3, 0.4) is 0 Å². The van der Waals surface area contributed by atoms with Gasteiger partial charge in [0.25, 0.3) is 0 Å². The van der Waals surface area contributed by atoms with E-state index in [9.17, 15) is 18.0 Å². The largest absolute Gasteiger partial charge is 0.493 e. The molecule has 0 radical (unpaired) electrons. The van der Waals surface area contributed by atoms with Crippen molar-refractivity contribution in [1.82, 2.24) is 9.80 Å². The summed E-state index contributed by atoms with van der Waals surface area (Å²) in [6.07, 6.45) is -1.39. The predicted octanol–water partition coefficient (Wildman–Crippen LogP) is 6.72. The number of aliphatic carboxylic acids is 1. The maximum absolute atomic E-state index is 12.9. The number of rotatable bonds is 7. The highest BCUT2D eigenvalue weighted by atomic mass is 35.5. The normalized spacial score (nSPS) is 17.1. The molecule has 0 saturated carbocycles. The van der Waals surface area contributed by atoms with E-state index in [1.54, 1.807) is 12.1 Å². The van der Waals surface area contributed by atoms with Crippen LogP contribution in [-0.2, 0) is 22.6 Å². The van der Waals surface area contributed by atoms with Crippen LogP contribution in [0.1, 0.15) is 44.2 Å². The molecular weight excluding hydrogens is 568 g/mol. The topological polar surface area (TPSA) is 70.1 Å². The molecule has 40 heavy (non-hydrogen) atoms. The van der Waals surface area contributed by atoms with Crippen LogP contribution < -0.4 is 4.74 Å². The summed E-state index contributed by atoms with van der Waals surface area (Å²) in [5.41, 5.74) is 2.36. The highest BCUT2D eigenvalue weighted by molar-refractivity contribution is 6.35. The van der Waals surface area contributed by atoms with Gasteiger partial charge in [0.15, 0.2) is 0 Å². The second kappa shape index (κ2) is 13.9. The molecule has 2 saturated heterocycles. The van der Waals surface area contributed by atoms with E-state index in [4.69, 9.17) is 37.8 Å². The van der Waals surface area contributed by atoms with E-state index in [1.807, 2.05) is 17.0 Å². The fraction of sp³-hybridized carbons (Fsp3) is 0.517. The summed E-state index contributed by atoms with van der Waals surface area (Å²) in [4.78, 5) is 26.4. The number of carboxylic acid groups (broad SMARTS) is 1. The Bertz CT molecular complexity index is 1170. The van der Waals surface area contributed by atoms with Crippen molar-refractivity contribution in [2.45, 2.75) is 52.3 Å². The highest BCUT2D eigenvalue weighted by Gasteiger charge is 2.42. The third-order valence-electron chi connectivity index (χ3n) is 7.25. The van der Waals surface area contributed by atoms with Crippen molar-refractivity contribution in [3.05, 3.63) is 63.6 Å². The first-order chi connectivity index (χ1) is 18.8. The minimum atomic E-state index is -5.08. The van der Waals surface area contributed by atoms with Crippen molar-refractivity contribution in [2.24, 2.45) is 11.3 Å². The Morgan fingerprint density at radius 2 is 1.65 bits per heavy atom. The molecule has 11 heteroatoms. The van der Waals surface area contributed by atoms with Gasteiger partial charge >= 0.3 is 12.1 Å². The van der Waals surface area contributed by atoms with Crippen molar-refractivity contribution in [3.8, 4) is 5.75 Å². The molecule has 0 bridgehead atoms. The molecule has 4 rings (SSSR count). The molecule has 2 aromatic rings. The SMILES string of the molecule is CC(C)COc1ccccc1CN1CCC2(CC1)CCN(C(=O)Cc1ccc(Cl)cc1Cl)C2.O=C(O)C(F)(F)F. The van der Waals surface area contributed by atoms with Crippen molar-refractivity contribution in [2.75, 3.05) is 32.8 Å². The summed E-state index contributed by atoms with van der Waals surface area (Å²) < 4.78 is 37.8. The van der Waals surface area contributed by atoms with Crippen LogP contribution in [0.4, 0.5) is 13.2 Å². The Morgan fingerprint density at radius 1 is 1.02 bits per heavy atom. The lowest BCUT2D eigenvalue weighted by Crippen LogP contribution is -2.42. The fourth-order valence-electron chi connectivity index (χ4n) is 4.95. The average Bonchev–Trinajstić information content (AvgIpc) is 3.30. The fourth-order valence-corrected chi connectivity index (χ4v) is 5.43. The number of nitrogens with zero attached hydrogens (tertiary/aromatic N) is 2. The molecule has 0 atom stereocenters. The number of ether oxygens (including phenoxy) is 1. The second-order valence-corrected chi connectivity index (χ2v) is 11.7. The zero-order chi connectivity index (χ0) is 29.5. The van der Waals surface area contributed by atoms with Crippen molar-refractivity contribution >= 4 is 35.1 Å². The van der Waals surface area contributed by atoms with E-state index >= 15 is 0 Å². The Hall–Kier alpha value is -2.49. The van der Waals surface area contributed by atoms with Crippen LogP contribution in [0, 0.1) is 11.3 Å². The van der Waals surface area contributed by atoms with Gasteiger partial charge in [-0.05, 0) is 67.4 Å². The predicted molar refractivity (Wildman–Crippen MR) is 149 cm³/mol. The number of alkyl halides is 3. The zero-order valence-corrected chi connectivity index (χ0v) is 24.2. The zero-order valence-electron chi connectivity index (χ0n) is 22.6. The Kier molecular flexibility index (Phi) is 11.1. The van der Waals surface area contributed by atoms with Crippen LogP contribution in [0.15, 0.2) is 42.5 Å². The lowest BCUT2D eigenvalue weighted by molar-refractivity contribution is -0.192. The highest BCUT2D eigenvalue weighted by Crippen LogP contribution is 2.41. The number of para-hydroxylation sites is 1. The number of hydrogen-bond acceptors (Lipinski definition) is 4. The van der Waals surface area contributed by atoms with Crippen LogP contribution >= 0.6 is 23.2 Å². The molecular formula is C29H35Cl2F3N2O4. The number of hydrogen-bond donors (Lipinski definition) is 1. The first kappa shape index (κ1) is 32.0. The molecule has 1 amide bonds. The molecule has 6 nitrogen and oxygen atoms in total. The average molecular weight is 604 g/mol. The molecule has 1 spiro atoms. The second-order valence-electron chi connectivity index (χ2n) is 10.9. The van der Waals surface area contributed by atoms with Gasteiger partial charge in [-0.3, -0.25) is 9.69 Å². The molecule has 1 N–H and O–H groups in total. The number of amides is 1. The maximum Gasteiger partial charge on any atom is 0.490 e. The van der Waals surface area contributed by atoms with Gasteiger partial charge in [-0.1, -0.05) is 61.3 Å². The number of likely N-dealkylation sites (tertiary alicyclic amines) is 2. The molecule has 2 heterocycles. The number of carboxylic acids is 1. The summed E-state index contributed by atoms with van der Waals surface area (Å²) in [5, 5.41) is 8.29. The number of benzene rings is 2. The third kappa shape index (κ3) is 9.28. The van der Waals surface area contributed by atoms with Crippen LogP contribution in [-0.4, -0.2) is 65.7 Å². The van der Waals surface area contributed by atoms with Gasteiger partial charge in [0.1, 0.15) is 5.75 Å².